The Morgan fingerprint density at radius 2 is 1.03 bits per heavy atom. The van der Waals surface area contributed by atoms with Crippen LogP contribution >= 0.6 is 0 Å². The molecule has 0 aromatic rings. The van der Waals surface area contributed by atoms with Crippen molar-refractivity contribution in [3.05, 3.63) is 12.2 Å². The van der Waals surface area contributed by atoms with Crippen LogP contribution in [0.15, 0.2) is 12.2 Å². The zero-order chi connectivity index (χ0) is 48.7. The van der Waals surface area contributed by atoms with Crippen LogP contribution in [0.3, 0.4) is 0 Å². The summed E-state index contributed by atoms with van der Waals surface area (Å²) in [4.78, 5) is 14.3. The minimum absolute atomic E-state index is 0.0251. The van der Waals surface area contributed by atoms with E-state index in [9.17, 15) is 76.3 Å². The molecular weight excluding hydrogens is 896 g/mol. The Morgan fingerprint density at radius 3 is 1.57 bits per heavy atom. The molecule has 0 aromatic carbocycles. The van der Waals surface area contributed by atoms with Gasteiger partial charge in [0.1, 0.15) is 97.7 Å². The predicted molar refractivity (Wildman–Crippen MR) is 219 cm³/mol. The summed E-state index contributed by atoms with van der Waals surface area (Å²) in [6, 6.07) is 0. The molecule has 1 unspecified atom stereocenters. The van der Waals surface area contributed by atoms with Crippen molar-refractivity contribution in [1.29, 1.82) is 0 Å². The van der Waals surface area contributed by atoms with E-state index in [1.807, 2.05) is 6.92 Å². The summed E-state index contributed by atoms with van der Waals surface area (Å²) in [5.41, 5.74) is -2.33. The van der Waals surface area contributed by atoms with Crippen LogP contribution in [0.4, 0.5) is 0 Å². The molecule has 67 heavy (non-hydrogen) atoms. The summed E-state index contributed by atoms with van der Waals surface area (Å²) in [6.45, 7) is 5.41. The largest absolute Gasteiger partial charge is 0.432 e. The maximum absolute atomic E-state index is 14.3. The lowest BCUT2D eigenvalue weighted by Gasteiger charge is -2.64. The normalized spacial score (nSPS) is 54.5. The minimum atomic E-state index is -1.95. The second-order valence-corrected chi connectivity index (χ2v) is 20.8. The van der Waals surface area contributed by atoms with Gasteiger partial charge in [0, 0.05) is 0 Å². The number of hydrogen-bond donors (Lipinski definition) is 14. The third kappa shape index (κ3) is 8.63. The number of carbonyl (C=O) groups excluding carboxylic acids is 1. The van der Waals surface area contributed by atoms with E-state index in [0.29, 0.717) is 56.9 Å². The summed E-state index contributed by atoms with van der Waals surface area (Å²) in [5, 5.41) is 148. The average molecular weight is 967 g/mol. The van der Waals surface area contributed by atoms with E-state index in [1.165, 1.54) is 0 Å². The topological polar surface area (TPSA) is 374 Å². The summed E-state index contributed by atoms with van der Waals surface area (Å²) in [7, 11) is 0. The maximum atomic E-state index is 14.3. The molecule has 0 radical (unpaired) electrons. The predicted octanol–water partition coefficient (Wildman–Crippen LogP) is -5.11. The smallest absolute Gasteiger partial charge is 0.314 e. The van der Waals surface area contributed by atoms with Gasteiger partial charge in [0.25, 0.3) is 0 Å². The molecule has 4 saturated carbocycles. The fourth-order valence-corrected chi connectivity index (χ4v) is 13.5. The Labute approximate surface area is 386 Å². The molecular formula is C44H70O23. The summed E-state index contributed by atoms with van der Waals surface area (Å²) in [5.74, 6) is -0.805. The number of fused-ring (bicyclic) bond motifs is 3. The second-order valence-electron chi connectivity index (χ2n) is 20.8. The lowest BCUT2D eigenvalue weighted by molar-refractivity contribution is -0.400. The molecule has 4 aliphatic carbocycles. The van der Waals surface area contributed by atoms with Gasteiger partial charge < -0.3 is 109 Å². The minimum Gasteiger partial charge on any atom is -0.432 e. The van der Waals surface area contributed by atoms with Gasteiger partial charge in [0.05, 0.1) is 37.4 Å². The number of hydrogen-bond acceptors (Lipinski definition) is 23. The molecule has 384 valence electrons. The summed E-state index contributed by atoms with van der Waals surface area (Å²) < 4.78 is 48.2. The third-order valence-corrected chi connectivity index (χ3v) is 17.1. The highest BCUT2D eigenvalue weighted by molar-refractivity contribution is 5.77. The van der Waals surface area contributed by atoms with E-state index >= 15 is 0 Å². The van der Waals surface area contributed by atoms with Crippen LogP contribution in [0.1, 0.15) is 71.6 Å². The van der Waals surface area contributed by atoms with Gasteiger partial charge in [-0.1, -0.05) is 19.9 Å². The maximum Gasteiger partial charge on any atom is 0.314 e. The number of rotatable bonds is 12. The number of aliphatic hydroxyl groups is 14. The standard InChI is InChI=1S/C44H70O23/c1-17-11-43-9-5-22-41(2,7-4-8-42(22,3)40(59)66-38-33(58)30(55)26(51)20(14-47)62-38)23(43)6-10-44(17,16-43)67-39-35(65-37-32(57)29(54)25(50)19(13-46)61-37)34(27(52)21(15-48)63-39)64-36-31(56)28(53)24(49)18(12-45)60-36/h18-39,45-58H,1,4-16H2,2-3H3/t18-,19-,20-,21-,22+,23+,24-,25-,26-,27-,28+,29+,30+,31-,32-,33-,34+,35-,36+,37+,38+,39+,41-,42-,43-,44?/m1/s1. The van der Waals surface area contributed by atoms with Crippen molar-refractivity contribution >= 4 is 5.97 Å². The van der Waals surface area contributed by atoms with Crippen molar-refractivity contribution in [3.63, 3.8) is 0 Å². The van der Waals surface area contributed by atoms with Crippen LogP contribution < -0.4 is 0 Å². The lowest BCUT2D eigenvalue weighted by atomic mass is 9.41. The molecule has 0 aromatic heterocycles. The molecule has 8 aliphatic rings. The molecule has 14 N–H and O–H groups in total. The van der Waals surface area contributed by atoms with E-state index in [2.05, 4.69) is 13.5 Å². The van der Waals surface area contributed by atoms with Crippen LogP contribution in [0.5, 0.6) is 0 Å². The fourth-order valence-electron chi connectivity index (χ4n) is 13.5. The first-order valence-corrected chi connectivity index (χ1v) is 23.4. The van der Waals surface area contributed by atoms with E-state index in [1.54, 1.807) is 0 Å². The van der Waals surface area contributed by atoms with E-state index < -0.39 is 177 Å². The quantitative estimate of drug-likeness (QED) is 0.0494. The number of esters is 1. The molecule has 4 aliphatic heterocycles. The first kappa shape index (κ1) is 51.7. The van der Waals surface area contributed by atoms with Gasteiger partial charge in [-0.25, -0.2) is 0 Å². The van der Waals surface area contributed by atoms with Crippen molar-refractivity contribution in [2.24, 2.45) is 28.1 Å². The molecule has 4 heterocycles. The lowest BCUT2D eigenvalue weighted by Crippen LogP contribution is -2.68. The van der Waals surface area contributed by atoms with Crippen molar-refractivity contribution < 1.29 is 114 Å². The molecule has 1 spiro atoms. The molecule has 0 amide bonds. The zero-order valence-corrected chi connectivity index (χ0v) is 37.5. The fraction of sp³-hybridized carbons (Fsp3) is 0.932. The molecule has 8 rings (SSSR count). The number of carbonyl (C=O) groups is 1. The van der Waals surface area contributed by atoms with Crippen molar-refractivity contribution in [3.8, 4) is 0 Å². The molecule has 26 atom stereocenters. The number of aliphatic hydroxyl groups excluding tert-OH is 14. The van der Waals surface area contributed by atoms with Gasteiger partial charge in [-0.3, -0.25) is 4.79 Å². The van der Waals surface area contributed by atoms with Crippen LogP contribution in [-0.4, -0.2) is 232 Å². The third-order valence-electron chi connectivity index (χ3n) is 17.1. The van der Waals surface area contributed by atoms with Crippen molar-refractivity contribution in [2.45, 2.75) is 200 Å². The Balaban J connectivity index is 1.06. The monoisotopic (exact) mass is 966 g/mol. The highest BCUT2D eigenvalue weighted by atomic mass is 16.8. The van der Waals surface area contributed by atoms with Gasteiger partial charge >= 0.3 is 5.97 Å². The van der Waals surface area contributed by atoms with E-state index in [4.69, 9.17) is 37.9 Å². The number of ether oxygens (including phenoxy) is 8. The first-order chi connectivity index (χ1) is 31.6. The molecule has 4 saturated heterocycles. The molecule has 8 fully saturated rings. The summed E-state index contributed by atoms with van der Waals surface area (Å²) >= 11 is 0. The van der Waals surface area contributed by atoms with Gasteiger partial charge in [0.15, 0.2) is 18.9 Å². The van der Waals surface area contributed by atoms with E-state index in [0.717, 1.165) is 6.42 Å². The van der Waals surface area contributed by atoms with Gasteiger partial charge in [-0.2, -0.15) is 0 Å². The zero-order valence-electron chi connectivity index (χ0n) is 37.5. The highest BCUT2D eigenvalue weighted by Crippen LogP contribution is 2.74. The van der Waals surface area contributed by atoms with Crippen LogP contribution in [0, 0.1) is 28.1 Å². The Bertz CT molecular complexity index is 1760. The molecule has 23 nitrogen and oxygen atoms in total. The Kier molecular flexibility index (Phi) is 15.0. The van der Waals surface area contributed by atoms with Gasteiger partial charge in [-0.05, 0) is 86.5 Å². The van der Waals surface area contributed by atoms with Gasteiger partial charge in [-0.15, -0.1) is 0 Å². The van der Waals surface area contributed by atoms with Crippen molar-refractivity contribution in [1.82, 2.24) is 0 Å². The SMILES string of the molecule is C=C1C[C@@]23CC[C@H]4[C@@](C)(CCC[C@@]4(C)C(=O)O[C@@H]4O[C@H](CO)[C@@H](O)[C@H](O)[C@H]4O)[C@@H]2CCC1(O[C@@H]1O[C@H](CO)[C@@H](O)[C@H](O[C@@H]2O[C@H](CO)[C@@H](O)[C@H](O)[C@H]2O)[C@H]1O[C@@H]1O[C@H](CO)[C@@H](O)[C@H](O)[C@H]1O)C3. The Hall–Kier alpha value is -1.63. The average Bonchev–Trinajstić information content (AvgIpc) is 3.50. The van der Waals surface area contributed by atoms with Crippen LogP contribution in [0.25, 0.3) is 0 Å². The molecule has 2 bridgehead atoms. The Morgan fingerprint density at radius 1 is 0.567 bits per heavy atom. The van der Waals surface area contributed by atoms with Crippen LogP contribution in [-0.2, 0) is 42.7 Å². The van der Waals surface area contributed by atoms with Crippen LogP contribution in [0.2, 0.25) is 0 Å². The summed E-state index contributed by atoms with van der Waals surface area (Å²) in [6.07, 6.45) is -29.1. The second kappa shape index (κ2) is 19.4. The molecule has 23 heteroatoms. The highest BCUT2D eigenvalue weighted by Gasteiger charge is 2.70. The van der Waals surface area contributed by atoms with E-state index in [-0.39, 0.29) is 11.8 Å². The van der Waals surface area contributed by atoms with Gasteiger partial charge in [0.2, 0.25) is 6.29 Å². The van der Waals surface area contributed by atoms with Crippen molar-refractivity contribution in [2.75, 3.05) is 26.4 Å². The first-order valence-electron chi connectivity index (χ1n) is 23.4.